The van der Waals surface area contributed by atoms with E-state index in [1.54, 1.807) is 78.9 Å². The molecule has 160 valence electrons. The maximum absolute atomic E-state index is 11.9. The van der Waals surface area contributed by atoms with Crippen LogP contribution in [0.25, 0.3) is 0 Å². The maximum atomic E-state index is 11.9. The average Bonchev–Trinajstić information content (AvgIpc) is 2.74. The van der Waals surface area contributed by atoms with Crippen LogP contribution in [-0.2, 0) is 20.0 Å². The molecule has 0 unspecified atom stereocenters. The van der Waals surface area contributed by atoms with Gasteiger partial charge in [-0.1, -0.05) is 67.9 Å². The lowest BCUT2D eigenvalue weighted by molar-refractivity contribution is 0.597. The van der Waals surface area contributed by atoms with Crippen LogP contribution in [0.5, 0.6) is 0 Å². The van der Waals surface area contributed by atoms with Crippen LogP contribution in [-0.4, -0.2) is 22.6 Å². The molecule has 0 saturated carbocycles. The zero-order valence-corrected chi connectivity index (χ0v) is 18.4. The van der Waals surface area contributed by atoms with Crippen molar-refractivity contribution < 1.29 is 16.8 Å². The Hall–Kier alpha value is -2.84. The van der Waals surface area contributed by atoms with Crippen LogP contribution in [0.4, 0.5) is 11.4 Å². The molecule has 3 aromatic rings. The summed E-state index contributed by atoms with van der Waals surface area (Å²) in [4.78, 5) is 0.263. The Labute approximate surface area is 179 Å². The fraction of sp³-hybridized carbons (Fsp3) is 0.182. The number of nitrogens with one attached hydrogen (secondary N) is 2. The van der Waals surface area contributed by atoms with E-state index >= 15 is 0 Å². The molecule has 2 N–H and O–H groups in total. The van der Waals surface area contributed by atoms with Crippen LogP contribution in [0.3, 0.4) is 0 Å². The standard InChI is InChI=1S/C12H11NO2S.C10H15NO2S/c14-16(15,12-9-5-2-6-10-12)13-11-7-3-1-4-8-11;1-2-3-9-14(12,13)11-10-7-5-4-6-8-10/h1-10,13H;4-8,11H,2-3,9H2,1H3. The van der Waals surface area contributed by atoms with E-state index in [2.05, 4.69) is 9.44 Å². The first-order valence-electron chi connectivity index (χ1n) is 9.51. The first-order valence-corrected chi connectivity index (χ1v) is 12.6. The summed E-state index contributed by atoms with van der Waals surface area (Å²) in [6, 6.07) is 26.0. The quantitative estimate of drug-likeness (QED) is 0.524. The van der Waals surface area contributed by atoms with Crippen molar-refractivity contribution in [2.75, 3.05) is 15.2 Å². The van der Waals surface area contributed by atoms with E-state index in [0.717, 1.165) is 6.42 Å². The van der Waals surface area contributed by atoms with Crippen molar-refractivity contribution in [2.24, 2.45) is 0 Å². The summed E-state index contributed by atoms with van der Waals surface area (Å²) in [5.74, 6) is 0.193. The van der Waals surface area contributed by atoms with E-state index < -0.39 is 20.0 Å². The third-order valence-corrected chi connectivity index (χ3v) is 6.66. The highest BCUT2D eigenvalue weighted by molar-refractivity contribution is 7.93. The molecule has 0 aliphatic rings. The summed E-state index contributed by atoms with van der Waals surface area (Å²) in [5, 5.41) is 0. The molecule has 0 aromatic heterocycles. The number of hydrogen-bond acceptors (Lipinski definition) is 4. The van der Waals surface area contributed by atoms with Gasteiger partial charge in [-0.25, -0.2) is 16.8 Å². The number of para-hydroxylation sites is 2. The van der Waals surface area contributed by atoms with Gasteiger partial charge in [-0.05, 0) is 42.8 Å². The van der Waals surface area contributed by atoms with Crippen LogP contribution in [0, 0.1) is 0 Å². The molecular formula is C22H26N2O4S2. The molecule has 0 bridgehead atoms. The van der Waals surface area contributed by atoms with Crippen molar-refractivity contribution in [2.45, 2.75) is 24.7 Å². The minimum absolute atomic E-state index is 0.193. The summed E-state index contributed by atoms with van der Waals surface area (Å²) in [6.07, 6.45) is 1.58. The van der Waals surface area contributed by atoms with Gasteiger partial charge < -0.3 is 0 Å². The molecule has 30 heavy (non-hydrogen) atoms. The van der Waals surface area contributed by atoms with E-state index in [4.69, 9.17) is 0 Å². The summed E-state index contributed by atoms with van der Waals surface area (Å²) in [5.41, 5.74) is 1.19. The lowest BCUT2D eigenvalue weighted by Gasteiger charge is -2.07. The average molecular weight is 447 g/mol. The molecule has 0 heterocycles. The second kappa shape index (κ2) is 11.4. The normalized spacial score (nSPS) is 11.1. The third kappa shape index (κ3) is 8.26. The second-order valence-electron chi connectivity index (χ2n) is 6.43. The van der Waals surface area contributed by atoms with Crippen LogP contribution in [0.2, 0.25) is 0 Å². The molecule has 0 spiro atoms. The Morgan fingerprint density at radius 2 is 1.07 bits per heavy atom. The van der Waals surface area contributed by atoms with E-state index in [-0.39, 0.29) is 10.6 Å². The molecule has 0 amide bonds. The number of hydrogen-bond donors (Lipinski definition) is 2. The highest BCUT2D eigenvalue weighted by atomic mass is 32.2. The minimum Gasteiger partial charge on any atom is -0.284 e. The topological polar surface area (TPSA) is 92.3 Å². The van der Waals surface area contributed by atoms with E-state index in [0.29, 0.717) is 17.8 Å². The van der Waals surface area contributed by atoms with Gasteiger partial charge in [-0.2, -0.15) is 0 Å². The Kier molecular flexibility index (Phi) is 8.89. The largest absolute Gasteiger partial charge is 0.284 e. The van der Waals surface area contributed by atoms with E-state index in [9.17, 15) is 16.8 Å². The number of benzene rings is 3. The van der Waals surface area contributed by atoms with Crippen LogP contribution >= 0.6 is 0 Å². The Morgan fingerprint density at radius 1 is 0.633 bits per heavy atom. The van der Waals surface area contributed by atoms with Crippen molar-refractivity contribution in [1.29, 1.82) is 0 Å². The van der Waals surface area contributed by atoms with Gasteiger partial charge in [0.15, 0.2) is 0 Å². The smallest absolute Gasteiger partial charge is 0.261 e. The minimum atomic E-state index is -3.46. The van der Waals surface area contributed by atoms with Crippen LogP contribution < -0.4 is 9.44 Å². The molecular weight excluding hydrogens is 420 g/mol. The highest BCUT2D eigenvalue weighted by Crippen LogP contribution is 2.14. The van der Waals surface area contributed by atoms with Crippen molar-refractivity contribution in [3.05, 3.63) is 91.0 Å². The summed E-state index contributed by atoms with van der Waals surface area (Å²) in [7, 11) is -6.61. The van der Waals surface area contributed by atoms with Crippen molar-refractivity contribution >= 4 is 31.4 Å². The van der Waals surface area contributed by atoms with Gasteiger partial charge in [-0.15, -0.1) is 0 Å². The zero-order chi connectivity index (χ0) is 21.9. The van der Waals surface area contributed by atoms with Gasteiger partial charge in [0.2, 0.25) is 10.0 Å². The second-order valence-corrected chi connectivity index (χ2v) is 9.95. The first kappa shape index (κ1) is 23.4. The molecule has 0 atom stereocenters. The molecule has 0 fully saturated rings. The number of anilines is 2. The van der Waals surface area contributed by atoms with Gasteiger partial charge in [0.1, 0.15) is 0 Å². The Morgan fingerprint density at radius 3 is 1.53 bits per heavy atom. The third-order valence-electron chi connectivity index (χ3n) is 3.89. The maximum Gasteiger partial charge on any atom is 0.261 e. The first-order chi connectivity index (χ1) is 14.3. The van der Waals surface area contributed by atoms with Gasteiger partial charge in [0.05, 0.1) is 10.6 Å². The molecule has 0 saturated heterocycles. The fourth-order valence-electron chi connectivity index (χ4n) is 2.39. The lowest BCUT2D eigenvalue weighted by Crippen LogP contribution is -2.16. The summed E-state index contributed by atoms with van der Waals surface area (Å²) >= 11 is 0. The lowest BCUT2D eigenvalue weighted by atomic mass is 10.3. The fourth-order valence-corrected chi connectivity index (χ4v) is 4.74. The molecule has 8 heteroatoms. The van der Waals surface area contributed by atoms with Gasteiger partial charge in [0, 0.05) is 11.4 Å². The number of sulfonamides is 2. The van der Waals surface area contributed by atoms with Crippen molar-refractivity contribution in [1.82, 2.24) is 0 Å². The predicted octanol–water partition coefficient (Wildman–Crippen LogP) is 4.72. The summed E-state index contributed by atoms with van der Waals surface area (Å²) < 4.78 is 51.7. The molecule has 0 aliphatic carbocycles. The Bertz CT molecular complexity index is 1090. The van der Waals surface area contributed by atoms with Gasteiger partial charge in [-0.3, -0.25) is 9.44 Å². The molecule has 0 radical (unpaired) electrons. The summed E-state index contributed by atoms with van der Waals surface area (Å²) in [6.45, 7) is 1.97. The zero-order valence-electron chi connectivity index (χ0n) is 16.7. The van der Waals surface area contributed by atoms with E-state index in [1.807, 2.05) is 19.1 Å². The molecule has 0 aliphatic heterocycles. The SMILES string of the molecule is CCCCS(=O)(=O)Nc1ccccc1.O=S(=O)(Nc1ccccc1)c1ccccc1. The molecule has 6 nitrogen and oxygen atoms in total. The Balaban J connectivity index is 0.000000216. The highest BCUT2D eigenvalue weighted by Gasteiger charge is 2.12. The van der Waals surface area contributed by atoms with Crippen LogP contribution in [0.15, 0.2) is 95.9 Å². The molecule has 3 aromatic carbocycles. The van der Waals surface area contributed by atoms with Crippen LogP contribution in [0.1, 0.15) is 19.8 Å². The van der Waals surface area contributed by atoms with Gasteiger partial charge >= 0.3 is 0 Å². The molecule has 3 rings (SSSR count). The number of rotatable bonds is 8. The van der Waals surface area contributed by atoms with Crippen molar-refractivity contribution in [3.63, 3.8) is 0 Å². The van der Waals surface area contributed by atoms with E-state index in [1.165, 1.54) is 0 Å². The van der Waals surface area contributed by atoms with Crippen molar-refractivity contribution in [3.8, 4) is 0 Å². The predicted molar refractivity (Wildman–Crippen MR) is 122 cm³/mol. The monoisotopic (exact) mass is 446 g/mol. The van der Waals surface area contributed by atoms with Gasteiger partial charge in [0.25, 0.3) is 10.0 Å². The number of unbranched alkanes of at least 4 members (excludes halogenated alkanes) is 1.